The third kappa shape index (κ3) is 4.40. The molecule has 148 valence electrons. The van der Waals surface area contributed by atoms with Gasteiger partial charge in [-0.3, -0.25) is 9.59 Å². The summed E-state index contributed by atoms with van der Waals surface area (Å²) in [5, 5.41) is 10.2. The number of halogens is 1. The van der Waals surface area contributed by atoms with Gasteiger partial charge >= 0.3 is 0 Å². The van der Waals surface area contributed by atoms with Crippen molar-refractivity contribution >= 4 is 33.4 Å². The molecule has 3 aromatic rings. The lowest BCUT2D eigenvalue weighted by atomic mass is 10.2. The van der Waals surface area contributed by atoms with E-state index in [0.717, 1.165) is 46.4 Å². The van der Waals surface area contributed by atoms with Crippen LogP contribution in [0.1, 0.15) is 34.6 Å². The highest BCUT2D eigenvalue weighted by Crippen LogP contribution is 2.27. The summed E-state index contributed by atoms with van der Waals surface area (Å²) in [5.41, 5.74) is 4.28. The molecule has 2 N–H and O–H groups in total. The molecule has 0 unspecified atom stereocenters. The lowest BCUT2D eigenvalue weighted by Crippen LogP contribution is -2.28. The summed E-state index contributed by atoms with van der Waals surface area (Å²) < 4.78 is 2.82. The third-order valence-corrected chi connectivity index (χ3v) is 5.44. The van der Waals surface area contributed by atoms with Gasteiger partial charge < -0.3 is 10.6 Å². The standard InChI is InChI=1S/C22H21BrN4O2/c23-15-9-11-16(12-10-15)25-20(28)13-14-24-22(29)21-18-7-4-8-19(18)27(26-21)17-5-2-1-3-6-17/h1-3,5-6,9-12H,4,7-8,13-14H2,(H,24,29)(H,25,28). The molecule has 2 amide bonds. The van der Waals surface area contributed by atoms with Gasteiger partial charge in [0.05, 0.1) is 5.69 Å². The Labute approximate surface area is 177 Å². The number of fused-ring (bicyclic) bond motifs is 1. The zero-order valence-corrected chi connectivity index (χ0v) is 17.4. The van der Waals surface area contributed by atoms with Crippen molar-refractivity contribution in [2.75, 3.05) is 11.9 Å². The molecule has 2 aromatic carbocycles. The Hall–Kier alpha value is -2.93. The Balaban J connectivity index is 1.38. The van der Waals surface area contributed by atoms with E-state index in [2.05, 4.69) is 31.7 Å². The molecule has 0 saturated heterocycles. The number of nitrogens with one attached hydrogen (secondary N) is 2. The van der Waals surface area contributed by atoms with Crippen LogP contribution >= 0.6 is 15.9 Å². The second-order valence-corrected chi connectivity index (χ2v) is 7.85. The van der Waals surface area contributed by atoms with E-state index < -0.39 is 0 Å². The van der Waals surface area contributed by atoms with Crippen molar-refractivity contribution in [3.05, 3.63) is 76.0 Å². The van der Waals surface area contributed by atoms with Crippen molar-refractivity contribution in [1.82, 2.24) is 15.1 Å². The molecule has 1 heterocycles. The van der Waals surface area contributed by atoms with Crippen LogP contribution in [0.15, 0.2) is 59.1 Å². The van der Waals surface area contributed by atoms with Crippen molar-refractivity contribution in [2.24, 2.45) is 0 Å². The smallest absolute Gasteiger partial charge is 0.272 e. The molecule has 0 aliphatic heterocycles. The van der Waals surface area contributed by atoms with Crippen molar-refractivity contribution in [1.29, 1.82) is 0 Å². The Morgan fingerprint density at radius 2 is 1.79 bits per heavy atom. The highest BCUT2D eigenvalue weighted by molar-refractivity contribution is 9.10. The molecule has 0 radical (unpaired) electrons. The van der Waals surface area contributed by atoms with Crippen LogP contribution in [0.5, 0.6) is 0 Å². The average Bonchev–Trinajstić information content (AvgIpc) is 3.33. The molecule has 0 fully saturated rings. The number of para-hydroxylation sites is 1. The molecule has 29 heavy (non-hydrogen) atoms. The van der Waals surface area contributed by atoms with E-state index in [1.165, 1.54) is 0 Å². The maximum absolute atomic E-state index is 12.7. The van der Waals surface area contributed by atoms with Crippen molar-refractivity contribution in [3.8, 4) is 5.69 Å². The summed E-state index contributed by atoms with van der Waals surface area (Å²) in [6.07, 6.45) is 2.99. The number of carbonyl (C=O) groups excluding carboxylic acids is 2. The van der Waals surface area contributed by atoms with Gasteiger partial charge in [0.15, 0.2) is 5.69 Å². The molecule has 0 spiro atoms. The van der Waals surface area contributed by atoms with Gasteiger partial charge in [0.2, 0.25) is 5.91 Å². The van der Waals surface area contributed by atoms with Crippen molar-refractivity contribution in [3.63, 3.8) is 0 Å². The molecule has 7 heteroatoms. The minimum Gasteiger partial charge on any atom is -0.350 e. The van der Waals surface area contributed by atoms with E-state index in [9.17, 15) is 9.59 Å². The first-order valence-electron chi connectivity index (χ1n) is 9.61. The van der Waals surface area contributed by atoms with E-state index in [4.69, 9.17) is 0 Å². The number of nitrogens with zero attached hydrogens (tertiary/aromatic N) is 2. The van der Waals surface area contributed by atoms with Gasteiger partial charge in [0, 0.05) is 34.4 Å². The predicted molar refractivity (Wildman–Crippen MR) is 115 cm³/mol. The Morgan fingerprint density at radius 3 is 2.55 bits per heavy atom. The molecule has 0 saturated carbocycles. The van der Waals surface area contributed by atoms with Gasteiger partial charge in [-0.15, -0.1) is 0 Å². The minimum absolute atomic E-state index is 0.146. The highest BCUT2D eigenvalue weighted by Gasteiger charge is 2.26. The Bertz CT molecular complexity index is 1030. The first-order chi connectivity index (χ1) is 14.1. The van der Waals surface area contributed by atoms with Crippen LogP contribution in [-0.4, -0.2) is 28.1 Å². The second kappa shape index (κ2) is 8.61. The largest absolute Gasteiger partial charge is 0.350 e. The summed E-state index contributed by atoms with van der Waals surface area (Å²) >= 11 is 3.36. The fourth-order valence-electron chi connectivity index (χ4n) is 3.53. The van der Waals surface area contributed by atoms with E-state index in [1.54, 1.807) is 0 Å². The number of rotatable bonds is 6. The summed E-state index contributed by atoms with van der Waals surface area (Å²) in [4.78, 5) is 24.8. The number of hydrogen-bond acceptors (Lipinski definition) is 3. The first-order valence-corrected chi connectivity index (χ1v) is 10.4. The Morgan fingerprint density at radius 1 is 1.03 bits per heavy atom. The van der Waals surface area contributed by atoms with Crippen LogP contribution in [0.25, 0.3) is 5.69 Å². The zero-order chi connectivity index (χ0) is 20.2. The molecular weight excluding hydrogens is 432 g/mol. The number of amides is 2. The van der Waals surface area contributed by atoms with E-state index >= 15 is 0 Å². The van der Waals surface area contributed by atoms with Crippen molar-refractivity contribution in [2.45, 2.75) is 25.7 Å². The SMILES string of the molecule is O=C(CCNC(=O)c1nn(-c2ccccc2)c2c1CCC2)Nc1ccc(Br)cc1. The van der Waals surface area contributed by atoms with E-state index in [-0.39, 0.29) is 24.8 Å². The predicted octanol–water partition coefficient (Wildman–Crippen LogP) is 3.88. The third-order valence-electron chi connectivity index (χ3n) is 4.91. The minimum atomic E-state index is -0.228. The first kappa shape index (κ1) is 19.4. The van der Waals surface area contributed by atoms with Gasteiger partial charge in [-0.1, -0.05) is 34.1 Å². The van der Waals surface area contributed by atoms with Crippen LogP contribution in [0.2, 0.25) is 0 Å². The quantitative estimate of drug-likeness (QED) is 0.595. The van der Waals surface area contributed by atoms with E-state index in [1.807, 2.05) is 59.3 Å². The lowest BCUT2D eigenvalue weighted by Gasteiger charge is -2.07. The van der Waals surface area contributed by atoms with Crippen LogP contribution < -0.4 is 10.6 Å². The topological polar surface area (TPSA) is 76.0 Å². The van der Waals surface area contributed by atoms with Gasteiger partial charge in [0.1, 0.15) is 0 Å². The fraction of sp³-hybridized carbons (Fsp3) is 0.227. The maximum Gasteiger partial charge on any atom is 0.272 e. The van der Waals surface area contributed by atoms with Gasteiger partial charge in [-0.05, 0) is 55.7 Å². The molecular formula is C22H21BrN4O2. The zero-order valence-electron chi connectivity index (χ0n) is 15.8. The molecule has 0 bridgehead atoms. The monoisotopic (exact) mass is 452 g/mol. The highest BCUT2D eigenvalue weighted by atomic mass is 79.9. The van der Waals surface area contributed by atoms with Crippen LogP contribution in [-0.2, 0) is 17.6 Å². The summed E-state index contributed by atoms with van der Waals surface area (Å²) in [5.74, 6) is -0.373. The molecule has 6 nitrogen and oxygen atoms in total. The fourth-order valence-corrected chi connectivity index (χ4v) is 3.80. The van der Waals surface area contributed by atoms with Crippen molar-refractivity contribution < 1.29 is 9.59 Å². The number of aromatic nitrogens is 2. The number of benzene rings is 2. The van der Waals surface area contributed by atoms with Gasteiger partial charge in [-0.25, -0.2) is 4.68 Å². The molecule has 1 aromatic heterocycles. The van der Waals surface area contributed by atoms with Gasteiger partial charge in [-0.2, -0.15) is 5.10 Å². The summed E-state index contributed by atoms with van der Waals surface area (Å²) in [7, 11) is 0. The molecule has 1 aliphatic rings. The lowest BCUT2D eigenvalue weighted by molar-refractivity contribution is -0.116. The van der Waals surface area contributed by atoms with E-state index in [0.29, 0.717) is 5.69 Å². The maximum atomic E-state index is 12.7. The molecule has 1 aliphatic carbocycles. The molecule has 4 rings (SSSR count). The van der Waals surface area contributed by atoms with Crippen LogP contribution in [0, 0.1) is 0 Å². The Kier molecular flexibility index (Phi) is 5.76. The number of hydrogen-bond donors (Lipinski definition) is 2. The summed E-state index contributed by atoms with van der Waals surface area (Å²) in [6, 6.07) is 17.2. The summed E-state index contributed by atoms with van der Waals surface area (Å²) in [6.45, 7) is 0.258. The normalized spacial score (nSPS) is 12.4. The van der Waals surface area contributed by atoms with Crippen LogP contribution in [0.3, 0.4) is 0 Å². The van der Waals surface area contributed by atoms with Gasteiger partial charge in [0.25, 0.3) is 5.91 Å². The molecule has 0 atom stereocenters. The second-order valence-electron chi connectivity index (χ2n) is 6.94. The average molecular weight is 453 g/mol. The number of carbonyl (C=O) groups is 2. The number of anilines is 1. The van der Waals surface area contributed by atoms with Crippen LogP contribution in [0.4, 0.5) is 5.69 Å².